The highest BCUT2D eigenvalue weighted by Gasteiger charge is 2.22. The van der Waals surface area contributed by atoms with E-state index < -0.39 is 0 Å². The Bertz CT molecular complexity index is 1300. The highest BCUT2D eigenvalue weighted by molar-refractivity contribution is 5.83. The fraction of sp³-hybridized carbons (Fsp3) is 0.241. The van der Waals surface area contributed by atoms with Gasteiger partial charge >= 0.3 is 0 Å². The lowest BCUT2D eigenvalue weighted by Gasteiger charge is -2.28. The lowest BCUT2D eigenvalue weighted by molar-refractivity contribution is -0.131. The van der Waals surface area contributed by atoms with Crippen LogP contribution in [0.3, 0.4) is 0 Å². The van der Waals surface area contributed by atoms with Crippen molar-refractivity contribution in [2.45, 2.75) is 25.9 Å². The number of rotatable bonds is 11. The third-order valence-electron chi connectivity index (χ3n) is 6.06. The van der Waals surface area contributed by atoms with Gasteiger partial charge in [-0.15, -0.1) is 0 Å². The molecule has 36 heavy (non-hydrogen) atoms. The Kier molecular flexibility index (Phi) is 8.24. The van der Waals surface area contributed by atoms with E-state index in [0.29, 0.717) is 25.3 Å². The van der Waals surface area contributed by atoms with Crippen molar-refractivity contribution in [3.05, 3.63) is 96.2 Å². The first-order valence-electron chi connectivity index (χ1n) is 11.9. The van der Waals surface area contributed by atoms with Crippen LogP contribution in [-0.2, 0) is 22.6 Å². The normalized spacial score (nSPS) is 11.6. The summed E-state index contributed by atoms with van der Waals surface area (Å²) in [6.07, 6.45) is 2.51. The molecule has 0 aliphatic heterocycles. The molecule has 0 saturated carbocycles. The van der Waals surface area contributed by atoms with Crippen LogP contribution in [0.2, 0.25) is 0 Å². The van der Waals surface area contributed by atoms with Crippen LogP contribution in [0.15, 0.2) is 85.1 Å². The number of nitrogens with zero attached hydrogens (tertiary/aromatic N) is 1. The van der Waals surface area contributed by atoms with Gasteiger partial charge in [-0.05, 0) is 36.2 Å². The van der Waals surface area contributed by atoms with E-state index in [1.54, 1.807) is 31.1 Å². The third kappa shape index (κ3) is 6.44. The predicted molar refractivity (Wildman–Crippen MR) is 140 cm³/mol. The number of carbonyl (C=O) groups is 2. The van der Waals surface area contributed by atoms with Crippen LogP contribution < -0.4 is 14.8 Å². The molecule has 0 aliphatic carbocycles. The van der Waals surface area contributed by atoms with Crippen LogP contribution in [0, 0.1) is 0 Å². The summed E-state index contributed by atoms with van der Waals surface area (Å²) >= 11 is 0. The maximum Gasteiger partial charge on any atom is 0.258 e. The first-order valence-corrected chi connectivity index (χ1v) is 11.9. The highest BCUT2D eigenvalue weighted by atomic mass is 16.5. The van der Waals surface area contributed by atoms with Crippen molar-refractivity contribution >= 4 is 22.7 Å². The van der Waals surface area contributed by atoms with Gasteiger partial charge in [0.25, 0.3) is 5.91 Å². The lowest BCUT2D eigenvalue weighted by Crippen LogP contribution is -2.47. The Morgan fingerprint density at radius 2 is 1.67 bits per heavy atom. The molecule has 7 nitrogen and oxygen atoms in total. The summed E-state index contributed by atoms with van der Waals surface area (Å²) in [7, 11) is 1.61. The number of aromatic nitrogens is 1. The largest absolute Gasteiger partial charge is 0.496 e. The minimum atomic E-state index is -0.324. The molecule has 186 valence electrons. The second kappa shape index (κ2) is 11.9. The summed E-state index contributed by atoms with van der Waals surface area (Å²) < 4.78 is 11.1. The molecule has 0 spiro atoms. The number of hydrogen-bond donors (Lipinski definition) is 2. The minimum Gasteiger partial charge on any atom is -0.496 e. The van der Waals surface area contributed by atoms with E-state index in [0.717, 1.165) is 27.8 Å². The SMILES string of the molecule is COc1ccccc1CN(CC(Cc1c[nH]c2ccccc12)NC(=O)COc1ccccc1)C(C)=O. The molecule has 0 saturated heterocycles. The van der Waals surface area contributed by atoms with E-state index in [1.807, 2.05) is 66.9 Å². The topological polar surface area (TPSA) is 83.7 Å². The van der Waals surface area contributed by atoms with Crippen molar-refractivity contribution in [1.29, 1.82) is 0 Å². The second-order valence-corrected chi connectivity index (χ2v) is 8.64. The van der Waals surface area contributed by atoms with Gasteiger partial charge in [0.05, 0.1) is 13.2 Å². The van der Waals surface area contributed by atoms with Gasteiger partial charge in [-0.2, -0.15) is 0 Å². The fourth-order valence-corrected chi connectivity index (χ4v) is 4.27. The number of para-hydroxylation sites is 3. The number of carbonyl (C=O) groups excluding carboxylic acids is 2. The Morgan fingerprint density at radius 3 is 2.44 bits per heavy atom. The molecule has 4 aromatic rings. The maximum atomic E-state index is 12.9. The van der Waals surface area contributed by atoms with E-state index in [1.165, 1.54) is 0 Å². The van der Waals surface area contributed by atoms with Gasteiger partial charge in [0.1, 0.15) is 11.5 Å². The van der Waals surface area contributed by atoms with Crippen LogP contribution in [0.4, 0.5) is 0 Å². The molecule has 3 aromatic carbocycles. The van der Waals surface area contributed by atoms with Crippen LogP contribution >= 0.6 is 0 Å². The number of nitrogens with one attached hydrogen (secondary N) is 2. The predicted octanol–water partition coefficient (Wildman–Crippen LogP) is 4.33. The van der Waals surface area contributed by atoms with Crippen LogP contribution in [0.25, 0.3) is 10.9 Å². The molecule has 2 N–H and O–H groups in total. The molecular formula is C29H31N3O4. The van der Waals surface area contributed by atoms with Crippen LogP contribution in [0.1, 0.15) is 18.1 Å². The molecule has 1 unspecified atom stereocenters. The van der Waals surface area contributed by atoms with Crippen molar-refractivity contribution in [2.75, 3.05) is 20.3 Å². The van der Waals surface area contributed by atoms with Gasteiger partial charge in [0.2, 0.25) is 5.91 Å². The molecule has 2 amide bonds. The first-order chi connectivity index (χ1) is 17.5. The highest BCUT2D eigenvalue weighted by Crippen LogP contribution is 2.22. The van der Waals surface area contributed by atoms with Gasteiger partial charge in [-0.25, -0.2) is 0 Å². The number of hydrogen-bond acceptors (Lipinski definition) is 4. The van der Waals surface area contributed by atoms with E-state index in [2.05, 4.69) is 16.4 Å². The monoisotopic (exact) mass is 485 g/mol. The standard InChI is InChI=1S/C29H31N3O4/c1-21(33)32(18-22-10-6-9-15-28(22)35-2)19-24(16-23-17-30-27-14-8-7-13-26(23)27)31-29(34)20-36-25-11-4-3-5-12-25/h3-15,17,24,30H,16,18-20H2,1-2H3,(H,31,34). The molecule has 4 rings (SSSR count). The van der Waals surface area contributed by atoms with Crippen molar-refractivity contribution < 1.29 is 19.1 Å². The fourth-order valence-electron chi connectivity index (χ4n) is 4.27. The van der Waals surface area contributed by atoms with E-state index in [4.69, 9.17) is 9.47 Å². The van der Waals surface area contributed by atoms with E-state index >= 15 is 0 Å². The van der Waals surface area contributed by atoms with Crippen molar-refractivity contribution in [3.63, 3.8) is 0 Å². The van der Waals surface area contributed by atoms with Gasteiger partial charge in [0.15, 0.2) is 6.61 Å². The molecular weight excluding hydrogens is 454 g/mol. The number of benzene rings is 3. The molecule has 7 heteroatoms. The zero-order chi connectivity index (χ0) is 25.3. The van der Waals surface area contributed by atoms with Gasteiger partial charge in [-0.3, -0.25) is 9.59 Å². The number of fused-ring (bicyclic) bond motifs is 1. The Hall–Kier alpha value is -4.26. The molecule has 0 radical (unpaired) electrons. The van der Waals surface area contributed by atoms with Crippen molar-refractivity contribution in [1.82, 2.24) is 15.2 Å². The maximum absolute atomic E-state index is 12.9. The second-order valence-electron chi connectivity index (χ2n) is 8.64. The first kappa shape index (κ1) is 24.9. The summed E-state index contributed by atoms with van der Waals surface area (Å²) in [6, 6.07) is 24.6. The summed E-state index contributed by atoms with van der Waals surface area (Å²) in [6.45, 7) is 2.14. The number of methoxy groups -OCH3 is 1. The lowest BCUT2D eigenvalue weighted by atomic mass is 10.0. The zero-order valence-corrected chi connectivity index (χ0v) is 20.6. The number of H-pyrrole nitrogens is 1. The molecule has 0 bridgehead atoms. The van der Waals surface area contributed by atoms with Crippen LogP contribution in [0.5, 0.6) is 11.5 Å². The smallest absolute Gasteiger partial charge is 0.258 e. The molecule has 1 atom stereocenters. The summed E-state index contributed by atoms with van der Waals surface area (Å²) in [5, 5.41) is 4.18. The average Bonchev–Trinajstić information content (AvgIpc) is 3.30. The molecule has 1 heterocycles. The summed E-state index contributed by atoms with van der Waals surface area (Å²) in [4.78, 5) is 30.5. The molecule has 1 aromatic heterocycles. The summed E-state index contributed by atoms with van der Waals surface area (Å²) in [5.74, 6) is 1.02. The van der Waals surface area contributed by atoms with E-state index in [9.17, 15) is 9.59 Å². The quantitative estimate of drug-likeness (QED) is 0.331. The Balaban J connectivity index is 1.52. The number of aromatic amines is 1. The van der Waals surface area contributed by atoms with Gasteiger partial charge in [0, 0.05) is 42.7 Å². The van der Waals surface area contributed by atoms with Crippen molar-refractivity contribution in [2.24, 2.45) is 0 Å². The number of ether oxygens (including phenoxy) is 2. The van der Waals surface area contributed by atoms with Gasteiger partial charge in [-0.1, -0.05) is 54.6 Å². The Labute approximate surface area is 211 Å². The summed E-state index contributed by atoms with van der Waals surface area (Å²) in [5.41, 5.74) is 3.00. The van der Waals surface area contributed by atoms with Crippen LogP contribution in [-0.4, -0.2) is 48.0 Å². The molecule has 0 fully saturated rings. The minimum absolute atomic E-state index is 0.0837. The van der Waals surface area contributed by atoms with Crippen molar-refractivity contribution in [3.8, 4) is 11.5 Å². The van der Waals surface area contributed by atoms with E-state index in [-0.39, 0.29) is 24.5 Å². The zero-order valence-electron chi connectivity index (χ0n) is 20.6. The Morgan fingerprint density at radius 1 is 0.944 bits per heavy atom. The van der Waals surface area contributed by atoms with Gasteiger partial charge < -0.3 is 24.7 Å². The molecule has 0 aliphatic rings. The number of amides is 2. The average molecular weight is 486 g/mol. The third-order valence-corrected chi connectivity index (χ3v) is 6.06.